The fourth-order valence-corrected chi connectivity index (χ4v) is 3.51. The summed E-state index contributed by atoms with van der Waals surface area (Å²) in [6.07, 6.45) is 1.17. The molecular formula is C23H25N5O2. The number of hydrogen-bond donors (Lipinski definition) is 4. The molecule has 7 heteroatoms. The Morgan fingerprint density at radius 2 is 1.87 bits per heavy atom. The highest BCUT2D eigenvalue weighted by atomic mass is 16.5. The molecule has 0 fully saturated rings. The van der Waals surface area contributed by atoms with E-state index in [9.17, 15) is 4.79 Å². The largest absolute Gasteiger partial charge is 0.489 e. The molecule has 3 aromatic rings. The van der Waals surface area contributed by atoms with Gasteiger partial charge in [0.25, 0.3) is 5.91 Å². The van der Waals surface area contributed by atoms with Gasteiger partial charge in [0, 0.05) is 24.4 Å². The average molecular weight is 403 g/mol. The van der Waals surface area contributed by atoms with E-state index in [4.69, 9.17) is 21.6 Å². The SMILES string of the molecule is CNc1nc(C(N)=O)c(N)c(-c2c(C)ccc(OCc3ccccc3)c2C)c1C=N. The minimum atomic E-state index is -0.728. The summed E-state index contributed by atoms with van der Waals surface area (Å²) in [5, 5.41) is 10.9. The molecule has 0 unspecified atom stereocenters. The maximum atomic E-state index is 11.9. The molecule has 0 aliphatic heterocycles. The Bertz CT molecular complexity index is 1110. The highest BCUT2D eigenvalue weighted by molar-refractivity contribution is 6.07. The van der Waals surface area contributed by atoms with Crippen LogP contribution in [-0.4, -0.2) is 24.2 Å². The molecule has 0 atom stereocenters. The number of primary amides is 1. The van der Waals surface area contributed by atoms with E-state index in [1.807, 2.05) is 56.3 Å². The van der Waals surface area contributed by atoms with E-state index < -0.39 is 5.91 Å². The highest BCUT2D eigenvalue weighted by Crippen LogP contribution is 2.41. The first-order valence-electron chi connectivity index (χ1n) is 9.47. The standard InChI is InChI=1S/C23H25N5O2/c1-13-9-10-17(30-12-15-7-5-4-6-8-15)14(2)18(13)19-16(11-24)23(27-3)28-21(20(19)25)22(26)29/h4-11,24H,12,25H2,1-3H3,(H2,26,29)(H,27,28). The average Bonchev–Trinajstić information content (AvgIpc) is 2.74. The quantitative estimate of drug-likeness (QED) is 0.448. The third-order valence-electron chi connectivity index (χ3n) is 5.00. The molecule has 0 aliphatic carbocycles. The molecule has 1 amide bonds. The normalized spacial score (nSPS) is 10.5. The molecule has 30 heavy (non-hydrogen) atoms. The highest BCUT2D eigenvalue weighted by Gasteiger charge is 2.23. The molecule has 0 saturated carbocycles. The number of nitrogens with zero attached hydrogens (tertiary/aromatic N) is 1. The van der Waals surface area contributed by atoms with Crippen LogP contribution in [0.3, 0.4) is 0 Å². The number of nitrogens with one attached hydrogen (secondary N) is 2. The number of pyridine rings is 1. The van der Waals surface area contributed by atoms with Crippen molar-refractivity contribution in [2.75, 3.05) is 18.1 Å². The van der Waals surface area contributed by atoms with E-state index >= 15 is 0 Å². The number of aryl methyl sites for hydroxylation is 1. The van der Waals surface area contributed by atoms with Crippen molar-refractivity contribution in [3.05, 3.63) is 70.4 Å². The number of anilines is 2. The van der Waals surface area contributed by atoms with Crippen LogP contribution in [0.1, 0.15) is 32.7 Å². The van der Waals surface area contributed by atoms with E-state index in [1.165, 1.54) is 6.21 Å². The second kappa shape index (κ2) is 8.65. The van der Waals surface area contributed by atoms with Crippen LogP contribution in [0.5, 0.6) is 5.75 Å². The molecule has 7 nitrogen and oxygen atoms in total. The molecule has 0 spiro atoms. The molecular weight excluding hydrogens is 378 g/mol. The topological polar surface area (TPSA) is 127 Å². The first kappa shape index (κ1) is 20.9. The smallest absolute Gasteiger partial charge is 0.269 e. The van der Waals surface area contributed by atoms with Crippen molar-refractivity contribution in [2.45, 2.75) is 20.5 Å². The second-order valence-electron chi connectivity index (χ2n) is 6.92. The van der Waals surface area contributed by atoms with Crippen molar-refractivity contribution in [3.8, 4) is 16.9 Å². The second-order valence-corrected chi connectivity index (χ2v) is 6.92. The molecule has 1 heterocycles. The number of amides is 1. The van der Waals surface area contributed by atoms with Crippen LogP contribution in [0.4, 0.5) is 11.5 Å². The number of nitrogens with two attached hydrogens (primary N) is 2. The number of hydrogen-bond acceptors (Lipinski definition) is 6. The van der Waals surface area contributed by atoms with Crippen LogP contribution >= 0.6 is 0 Å². The van der Waals surface area contributed by atoms with Crippen molar-refractivity contribution in [2.24, 2.45) is 5.73 Å². The van der Waals surface area contributed by atoms with Crippen LogP contribution < -0.4 is 21.5 Å². The van der Waals surface area contributed by atoms with Crippen LogP contribution in [0.25, 0.3) is 11.1 Å². The summed E-state index contributed by atoms with van der Waals surface area (Å²) < 4.78 is 6.07. The lowest BCUT2D eigenvalue weighted by molar-refractivity contribution is 0.0996. The summed E-state index contributed by atoms with van der Waals surface area (Å²) in [7, 11) is 1.67. The predicted molar refractivity (Wildman–Crippen MR) is 120 cm³/mol. The number of benzene rings is 2. The van der Waals surface area contributed by atoms with Gasteiger partial charge in [0.1, 0.15) is 18.2 Å². The van der Waals surface area contributed by atoms with E-state index in [1.54, 1.807) is 7.05 Å². The fraction of sp³-hybridized carbons (Fsp3) is 0.174. The Hall–Kier alpha value is -3.87. The van der Waals surface area contributed by atoms with Crippen molar-refractivity contribution in [1.29, 1.82) is 5.41 Å². The lowest BCUT2D eigenvalue weighted by Crippen LogP contribution is -2.19. The van der Waals surface area contributed by atoms with Crippen LogP contribution in [-0.2, 0) is 6.61 Å². The van der Waals surface area contributed by atoms with Gasteiger partial charge in [-0.2, -0.15) is 0 Å². The van der Waals surface area contributed by atoms with Crippen molar-refractivity contribution in [3.63, 3.8) is 0 Å². The van der Waals surface area contributed by atoms with Gasteiger partial charge in [0.15, 0.2) is 5.69 Å². The minimum Gasteiger partial charge on any atom is -0.489 e. The van der Waals surface area contributed by atoms with E-state index in [-0.39, 0.29) is 11.4 Å². The lowest BCUT2D eigenvalue weighted by Gasteiger charge is -2.21. The van der Waals surface area contributed by atoms with Gasteiger partial charge < -0.3 is 26.9 Å². The van der Waals surface area contributed by atoms with Gasteiger partial charge in [0.2, 0.25) is 0 Å². The number of carbonyl (C=O) groups is 1. The van der Waals surface area contributed by atoms with Gasteiger partial charge in [-0.3, -0.25) is 4.79 Å². The fourth-order valence-electron chi connectivity index (χ4n) is 3.51. The number of nitrogen functional groups attached to an aromatic ring is 1. The van der Waals surface area contributed by atoms with Crippen molar-refractivity contribution < 1.29 is 9.53 Å². The maximum Gasteiger partial charge on any atom is 0.269 e. The molecule has 6 N–H and O–H groups in total. The van der Waals surface area contributed by atoms with Crippen LogP contribution in [0.2, 0.25) is 0 Å². The van der Waals surface area contributed by atoms with E-state index in [0.717, 1.165) is 22.3 Å². The summed E-state index contributed by atoms with van der Waals surface area (Å²) in [5.41, 5.74) is 16.6. The zero-order chi connectivity index (χ0) is 21.8. The van der Waals surface area contributed by atoms with Crippen molar-refractivity contribution in [1.82, 2.24) is 4.98 Å². The van der Waals surface area contributed by atoms with Crippen LogP contribution in [0, 0.1) is 19.3 Å². The molecule has 0 bridgehead atoms. The third-order valence-corrected chi connectivity index (χ3v) is 5.00. The number of aromatic nitrogens is 1. The maximum absolute atomic E-state index is 11.9. The lowest BCUT2D eigenvalue weighted by atomic mass is 9.90. The van der Waals surface area contributed by atoms with Gasteiger partial charge in [-0.25, -0.2) is 4.98 Å². The first-order valence-corrected chi connectivity index (χ1v) is 9.47. The van der Waals surface area contributed by atoms with Crippen molar-refractivity contribution >= 4 is 23.6 Å². The number of ether oxygens (including phenoxy) is 1. The molecule has 0 aliphatic rings. The van der Waals surface area contributed by atoms with E-state index in [0.29, 0.717) is 29.3 Å². The molecule has 0 radical (unpaired) electrons. The molecule has 1 aromatic heterocycles. The Morgan fingerprint density at radius 1 is 1.17 bits per heavy atom. The van der Waals surface area contributed by atoms with Gasteiger partial charge in [-0.15, -0.1) is 0 Å². The Morgan fingerprint density at radius 3 is 2.47 bits per heavy atom. The predicted octanol–water partition coefficient (Wildman–Crippen LogP) is 3.66. The zero-order valence-corrected chi connectivity index (χ0v) is 17.2. The summed E-state index contributed by atoms with van der Waals surface area (Å²) in [6, 6.07) is 13.7. The summed E-state index contributed by atoms with van der Waals surface area (Å²) in [5.74, 6) is 0.323. The van der Waals surface area contributed by atoms with Gasteiger partial charge in [-0.05, 0) is 42.2 Å². The van der Waals surface area contributed by atoms with Gasteiger partial charge in [0.05, 0.1) is 5.69 Å². The van der Waals surface area contributed by atoms with E-state index in [2.05, 4.69) is 10.3 Å². The van der Waals surface area contributed by atoms with Gasteiger partial charge >= 0.3 is 0 Å². The third kappa shape index (κ3) is 3.82. The monoisotopic (exact) mass is 403 g/mol. The molecule has 154 valence electrons. The number of carbonyl (C=O) groups excluding carboxylic acids is 1. The molecule has 2 aromatic carbocycles. The summed E-state index contributed by atoms with van der Waals surface area (Å²) in [6.45, 7) is 4.29. The summed E-state index contributed by atoms with van der Waals surface area (Å²) >= 11 is 0. The Kier molecular flexibility index (Phi) is 6.01. The Balaban J connectivity index is 2.19. The molecule has 0 saturated heterocycles. The first-order chi connectivity index (χ1) is 14.4. The zero-order valence-electron chi connectivity index (χ0n) is 17.2. The van der Waals surface area contributed by atoms with Gasteiger partial charge in [-0.1, -0.05) is 36.4 Å². The number of rotatable bonds is 7. The summed E-state index contributed by atoms with van der Waals surface area (Å²) in [4.78, 5) is 16.2. The molecule has 3 rings (SSSR count). The van der Waals surface area contributed by atoms with Crippen LogP contribution in [0.15, 0.2) is 42.5 Å². The minimum absolute atomic E-state index is 0.0330. The Labute approximate surface area is 175 Å².